The van der Waals surface area contributed by atoms with E-state index in [1.807, 2.05) is 24.1 Å². The molecule has 2 heterocycles. The number of amides is 1. The molecule has 1 amide bonds. The van der Waals surface area contributed by atoms with E-state index in [0.717, 1.165) is 36.5 Å². The predicted molar refractivity (Wildman–Crippen MR) is 112 cm³/mol. The van der Waals surface area contributed by atoms with Crippen LogP contribution in [0.5, 0.6) is 5.75 Å². The Morgan fingerprint density at radius 1 is 1.36 bits per heavy atom. The second-order valence-corrected chi connectivity index (χ2v) is 8.42. The molecule has 0 atom stereocenters. The average molecular weight is 399 g/mol. The van der Waals surface area contributed by atoms with Gasteiger partial charge in [0.1, 0.15) is 15.6 Å². The first kappa shape index (κ1) is 20.3. The van der Waals surface area contributed by atoms with Crippen LogP contribution in [0.15, 0.2) is 18.2 Å². The largest absolute Gasteiger partial charge is 0.504 e. The first-order valence-corrected chi connectivity index (χ1v) is 10.5. The van der Waals surface area contributed by atoms with E-state index in [1.165, 1.54) is 17.8 Å². The molecule has 0 saturated carbocycles. The lowest BCUT2D eigenvalue weighted by molar-refractivity contribution is 0.0753. The fraction of sp³-hybridized carbons (Fsp3) is 0.476. The highest BCUT2D eigenvalue weighted by molar-refractivity contribution is 7.17. The maximum absolute atomic E-state index is 12.7. The van der Waals surface area contributed by atoms with Crippen LogP contribution in [0.2, 0.25) is 0 Å². The Morgan fingerprint density at radius 2 is 2.11 bits per heavy atom. The lowest BCUT2D eigenvalue weighted by atomic mass is 10.2. The van der Waals surface area contributed by atoms with Crippen LogP contribution in [0.25, 0.3) is 15.4 Å². The van der Waals surface area contributed by atoms with Crippen molar-refractivity contribution in [1.29, 1.82) is 0 Å². The van der Waals surface area contributed by atoms with Gasteiger partial charge in [0, 0.05) is 18.7 Å². The van der Waals surface area contributed by atoms with E-state index in [2.05, 4.69) is 29.1 Å². The zero-order valence-electron chi connectivity index (χ0n) is 16.6. The summed E-state index contributed by atoms with van der Waals surface area (Å²) in [7, 11) is 0. The number of benzene rings is 1. The highest BCUT2D eigenvalue weighted by atomic mass is 32.1. The van der Waals surface area contributed by atoms with E-state index in [0.29, 0.717) is 34.5 Å². The first-order chi connectivity index (χ1) is 13.5. The molecule has 148 valence electrons. The number of hydrazine groups is 1. The molecule has 1 aliphatic rings. The standard InChI is InChI=1S/C21H26N4O2S/c1-14(2)13-27-18-9-8-16(12-17(18)22-4)21-23-15(3)19(28-21)20(26)24-25-10-6-5-7-11-25/h8-9,12,14H,5-7,10-11,13H2,1-3H3,(H,24,26). The number of aryl methyl sites for hydroxylation is 1. The third-order valence-electron chi connectivity index (χ3n) is 4.52. The summed E-state index contributed by atoms with van der Waals surface area (Å²) in [6, 6.07) is 5.50. The number of carbonyl (C=O) groups is 1. The zero-order valence-corrected chi connectivity index (χ0v) is 17.4. The van der Waals surface area contributed by atoms with E-state index in [9.17, 15) is 4.79 Å². The second-order valence-electron chi connectivity index (χ2n) is 7.42. The molecule has 3 rings (SSSR count). The summed E-state index contributed by atoms with van der Waals surface area (Å²) in [5.74, 6) is 0.870. The smallest absolute Gasteiger partial charge is 0.277 e. The molecule has 0 radical (unpaired) electrons. The highest BCUT2D eigenvalue weighted by Crippen LogP contribution is 2.35. The van der Waals surface area contributed by atoms with Gasteiger partial charge in [-0.25, -0.2) is 14.8 Å². The van der Waals surface area contributed by atoms with Crippen molar-refractivity contribution >= 4 is 22.9 Å². The molecule has 1 aromatic heterocycles. The van der Waals surface area contributed by atoms with Crippen molar-refractivity contribution in [3.63, 3.8) is 0 Å². The van der Waals surface area contributed by atoms with Crippen molar-refractivity contribution in [3.05, 3.63) is 40.2 Å². The van der Waals surface area contributed by atoms with Crippen molar-refractivity contribution in [2.45, 2.75) is 40.0 Å². The lowest BCUT2D eigenvalue weighted by Crippen LogP contribution is -2.44. The fourth-order valence-corrected chi connectivity index (χ4v) is 4.00. The summed E-state index contributed by atoms with van der Waals surface area (Å²) in [5.41, 5.74) is 4.99. The van der Waals surface area contributed by atoms with Crippen molar-refractivity contribution in [3.8, 4) is 16.3 Å². The molecule has 0 aliphatic carbocycles. The Hall–Kier alpha value is -2.43. The molecular weight excluding hydrogens is 372 g/mol. The molecule has 1 aliphatic heterocycles. The monoisotopic (exact) mass is 398 g/mol. The maximum atomic E-state index is 12.7. The van der Waals surface area contributed by atoms with E-state index in [4.69, 9.17) is 11.3 Å². The van der Waals surface area contributed by atoms with Crippen LogP contribution in [0.4, 0.5) is 5.69 Å². The van der Waals surface area contributed by atoms with Gasteiger partial charge in [0.2, 0.25) is 5.69 Å². The van der Waals surface area contributed by atoms with Crippen LogP contribution >= 0.6 is 11.3 Å². The number of hydrogen-bond donors (Lipinski definition) is 1. The summed E-state index contributed by atoms with van der Waals surface area (Å²) in [5, 5.41) is 2.73. The molecule has 0 unspecified atom stereocenters. The topological polar surface area (TPSA) is 58.8 Å². The minimum atomic E-state index is -0.106. The SMILES string of the molecule is [C-]#[N+]c1cc(-c2nc(C)c(C(=O)NN3CCCCC3)s2)ccc1OCC(C)C. The quantitative estimate of drug-likeness (QED) is 0.708. The third kappa shape index (κ3) is 4.89. The van der Waals surface area contributed by atoms with Gasteiger partial charge in [-0.05, 0) is 37.8 Å². The minimum absolute atomic E-state index is 0.106. The van der Waals surface area contributed by atoms with Gasteiger partial charge in [0.05, 0.1) is 18.9 Å². The zero-order chi connectivity index (χ0) is 20.1. The first-order valence-electron chi connectivity index (χ1n) is 9.66. The lowest BCUT2D eigenvalue weighted by Gasteiger charge is -2.26. The number of rotatable bonds is 6. The Labute approximate surface area is 170 Å². The number of nitrogens with one attached hydrogen (secondary N) is 1. The van der Waals surface area contributed by atoms with Crippen LogP contribution < -0.4 is 10.2 Å². The summed E-state index contributed by atoms with van der Waals surface area (Å²) in [4.78, 5) is 21.4. The molecule has 1 N–H and O–H groups in total. The third-order valence-corrected chi connectivity index (χ3v) is 5.72. The summed E-state index contributed by atoms with van der Waals surface area (Å²) in [6.45, 7) is 15.8. The number of carbonyl (C=O) groups excluding carboxylic acids is 1. The molecule has 6 nitrogen and oxygen atoms in total. The Balaban J connectivity index is 1.78. The van der Waals surface area contributed by atoms with Crippen LogP contribution in [0.1, 0.15) is 48.5 Å². The molecule has 0 spiro atoms. The van der Waals surface area contributed by atoms with Gasteiger partial charge in [-0.15, -0.1) is 11.3 Å². The van der Waals surface area contributed by atoms with Crippen molar-refractivity contribution in [2.24, 2.45) is 5.92 Å². The van der Waals surface area contributed by atoms with Crippen molar-refractivity contribution in [1.82, 2.24) is 15.4 Å². The van der Waals surface area contributed by atoms with E-state index >= 15 is 0 Å². The molecule has 1 saturated heterocycles. The molecule has 0 bridgehead atoms. The van der Waals surface area contributed by atoms with Crippen LogP contribution in [0, 0.1) is 19.4 Å². The number of nitrogens with zero attached hydrogens (tertiary/aromatic N) is 3. The Bertz CT molecular complexity index is 879. The van der Waals surface area contributed by atoms with Gasteiger partial charge >= 0.3 is 0 Å². The van der Waals surface area contributed by atoms with Crippen LogP contribution in [-0.4, -0.2) is 35.6 Å². The van der Waals surface area contributed by atoms with Gasteiger partial charge in [0.25, 0.3) is 5.91 Å². The van der Waals surface area contributed by atoms with E-state index in [1.54, 1.807) is 6.07 Å². The second kappa shape index (κ2) is 9.18. The molecule has 28 heavy (non-hydrogen) atoms. The van der Waals surface area contributed by atoms with Gasteiger partial charge in [-0.2, -0.15) is 0 Å². The molecular formula is C21H26N4O2S. The summed E-state index contributed by atoms with van der Waals surface area (Å²) < 4.78 is 5.73. The Morgan fingerprint density at radius 3 is 2.79 bits per heavy atom. The Kier molecular flexibility index (Phi) is 6.65. The number of thiazole rings is 1. The number of ether oxygens (including phenoxy) is 1. The van der Waals surface area contributed by atoms with Crippen molar-refractivity contribution in [2.75, 3.05) is 19.7 Å². The molecule has 1 fully saturated rings. The van der Waals surface area contributed by atoms with Gasteiger partial charge in [0.15, 0.2) is 0 Å². The number of aromatic nitrogens is 1. The van der Waals surface area contributed by atoms with E-state index < -0.39 is 0 Å². The van der Waals surface area contributed by atoms with Gasteiger partial charge in [-0.3, -0.25) is 10.2 Å². The maximum Gasteiger partial charge on any atom is 0.277 e. The highest BCUT2D eigenvalue weighted by Gasteiger charge is 2.20. The van der Waals surface area contributed by atoms with Gasteiger partial charge < -0.3 is 4.74 Å². The number of hydrogen-bond acceptors (Lipinski definition) is 5. The fourth-order valence-electron chi connectivity index (χ4n) is 3.05. The number of piperidine rings is 1. The summed E-state index contributed by atoms with van der Waals surface area (Å²) in [6.07, 6.45) is 3.44. The average Bonchev–Trinajstić information content (AvgIpc) is 3.08. The molecule has 1 aromatic carbocycles. The van der Waals surface area contributed by atoms with Crippen molar-refractivity contribution < 1.29 is 9.53 Å². The minimum Gasteiger partial charge on any atom is -0.504 e. The molecule has 2 aromatic rings. The van der Waals surface area contributed by atoms with Crippen LogP contribution in [-0.2, 0) is 0 Å². The van der Waals surface area contributed by atoms with Gasteiger partial charge in [-0.1, -0.05) is 26.3 Å². The molecule has 7 heteroatoms. The van der Waals surface area contributed by atoms with E-state index in [-0.39, 0.29) is 5.91 Å². The summed E-state index contributed by atoms with van der Waals surface area (Å²) >= 11 is 1.36. The predicted octanol–water partition coefficient (Wildman–Crippen LogP) is 4.83. The van der Waals surface area contributed by atoms with Crippen LogP contribution in [0.3, 0.4) is 0 Å². The normalized spacial score (nSPS) is 14.7.